The van der Waals surface area contributed by atoms with Crippen molar-refractivity contribution in [3.8, 4) is 0 Å². The number of carbonyl (C=O) groups is 3. The second-order valence-electron chi connectivity index (χ2n) is 7.55. The van der Waals surface area contributed by atoms with Crippen LogP contribution in [0.15, 0.2) is 30.5 Å². The number of nitrogens with one attached hydrogen (secondary N) is 2. The van der Waals surface area contributed by atoms with E-state index in [0.717, 1.165) is 12.1 Å². The highest BCUT2D eigenvalue weighted by Gasteiger charge is 2.37. The predicted molar refractivity (Wildman–Crippen MR) is 116 cm³/mol. The Balaban J connectivity index is 2.08. The van der Waals surface area contributed by atoms with Crippen LogP contribution in [0.4, 0.5) is 0 Å². The van der Waals surface area contributed by atoms with E-state index in [1.807, 2.05) is 6.92 Å². The van der Waals surface area contributed by atoms with Crippen LogP contribution >= 0.6 is 0 Å². The van der Waals surface area contributed by atoms with Crippen molar-refractivity contribution in [2.45, 2.75) is 33.6 Å². The lowest BCUT2D eigenvalue weighted by Gasteiger charge is -2.36. The number of hydrogen-bond acceptors (Lipinski definition) is 6. The highest BCUT2D eigenvalue weighted by molar-refractivity contribution is 6.08. The molecule has 1 heterocycles. The van der Waals surface area contributed by atoms with Crippen LogP contribution in [0.25, 0.3) is 0 Å². The molecule has 30 heavy (non-hydrogen) atoms. The number of amidine groups is 1. The third-order valence-electron chi connectivity index (χ3n) is 5.50. The Morgan fingerprint density at radius 3 is 2.87 bits per heavy atom. The van der Waals surface area contributed by atoms with Crippen LogP contribution in [0.2, 0.25) is 0 Å². The number of rotatable bonds is 11. The van der Waals surface area contributed by atoms with Gasteiger partial charge in [-0.1, -0.05) is 38.6 Å². The fourth-order valence-electron chi connectivity index (χ4n) is 3.75. The first-order valence-electron chi connectivity index (χ1n) is 10.3. The lowest BCUT2D eigenvalue weighted by Crippen LogP contribution is -2.49. The molecular weight excluding hydrogens is 382 g/mol. The maximum Gasteiger partial charge on any atom is 0.228 e. The van der Waals surface area contributed by atoms with Gasteiger partial charge in [0, 0.05) is 29.4 Å². The van der Waals surface area contributed by atoms with Crippen LogP contribution in [0.5, 0.6) is 0 Å². The van der Waals surface area contributed by atoms with E-state index >= 15 is 0 Å². The Morgan fingerprint density at radius 1 is 1.47 bits per heavy atom. The molecule has 2 unspecified atom stereocenters. The molecule has 1 fully saturated rings. The van der Waals surface area contributed by atoms with Crippen molar-refractivity contribution >= 4 is 23.8 Å². The first-order valence-corrected chi connectivity index (χ1v) is 10.3. The van der Waals surface area contributed by atoms with Crippen LogP contribution in [0.3, 0.4) is 0 Å². The third kappa shape index (κ3) is 5.42. The van der Waals surface area contributed by atoms with Gasteiger partial charge in [0.15, 0.2) is 12.1 Å². The molecule has 7 heteroatoms. The Labute approximate surface area is 178 Å². The van der Waals surface area contributed by atoms with E-state index in [9.17, 15) is 14.4 Å². The summed E-state index contributed by atoms with van der Waals surface area (Å²) in [5, 5.41) is 11.7. The van der Waals surface area contributed by atoms with Crippen LogP contribution < -0.4 is 5.32 Å². The Hall–Kier alpha value is -2.80. The Kier molecular flexibility index (Phi) is 8.47. The Morgan fingerprint density at radius 2 is 2.20 bits per heavy atom. The Bertz CT molecular complexity index is 834. The molecule has 1 aromatic rings. The van der Waals surface area contributed by atoms with Crippen LogP contribution in [-0.4, -0.2) is 55.0 Å². The minimum absolute atomic E-state index is 0.134. The smallest absolute Gasteiger partial charge is 0.228 e. The number of likely N-dealkylation sites (N-methyl/N-ethyl adjacent to an activating group) is 1. The molecule has 162 valence electrons. The number of likely N-dealkylation sites (tertiary alicyclic amines) is 1. The maximum absolute atomic E-state index is 13.2. The van der Waals surface area contributed by atoms with Gasteiger partial charge in [-0.2, -0.15) is 0 Å². The second kappa shape index (κ2) is 10.8. The topological polar surface area (TPSA) is 99.6 Å². The minimum Gasteiger partial charge on any atom is -0.495 e. The van der Waals surface area contributed by atoms with E-state index in [-0.39, 0.29) is 43.0 Å². The summed E-state index contributed by atoms with van der Waals surface area (Å²) < 4.78 is 5.55. The largest absolute Gasteiger partial charge is 0.495 e. The molecule has 1 aliphatic heterocycles. The molecule has 2 rings (SSSR count). The van der Waals surface area contributed by atoms with Crippen LogP contribution in [0, 0.1) is 24.2 Å². The molecule has 0 spiro atoms. The summed E-state index contributed by atoms with van der Waals surface area (Å²) in [4.78, 5) is 38.4. The quantitative estimate of drug-likeness (QED) is 0.330. The molecule has 0 bridgehead atoms. The number of aldehydes is 1. The number of ketones is 1. The number of piperidine rings is 1. The number of amides is 1. The van der Waals surface area contributed by atoms with Gasteiger partial charge in [-0.15, -0.1) is 0 Å². The number of ether oxygens (including phenoxy) is 1. The average Bonchev–Trinajstić information content (AvgIpc) is 2.73. The summed E-state index contributed by atoms with van der Waals surface area (Å²) in [6, 6.07) is 5.17. The standard InChI is InChI=1S/C23H31N3O4/c1-5-25-13-16(3)30-12-11-26-20(28)10-9-19(23(26)24)17(4)22(29)21-15(2)7-6-8-18(21)14-27/h6-8,14,17,19,24-25H,3,5,9-13H2,1-2,4H3. The molecule has 1 saturated heterocycles. The number of hydrogen-bond donors (Lipinski definition) is 2. The zero-order valence-corrected chi connectivity index (χ0v) is 18.0. The van der Waals surface area contributed by atoms with E-state index in [2.05, 4.69) is 11.9 Å². The monoisotopic (exact) mass is 413 g/mol. The van der Waals surface area contributed by atoms with Gasteiger partial charge >= 0.3 is 0 Å². The number of carbonyl (C=O) groups excluding carboxylic acids is 3. The third-order valence-corrected chi connectivity index (χ3v) is 5.50. The molecule has 0 aliphatic carbocycles. The van der Waals surface area contributed by atoms with Gasteiger partial charge in [0.05, 0.1) is 13.1 Å². The van der Waals surface area contributed by atoms with Crippen molar-refractivity contribution in [3.05, 3.63) is 47.2 Å². The van der Waals surface area contributed by atoms with Crippen LogP contribution in [-0.2, 0) is 9.53 Å². The lowest BCUT2D eigenvalue weighted by atomic mass is 9.79. The van der Waals surface area contributed by atoms with Crippen LogP contribution in [0.1, 0.15) is 53.0 Å². The molecule has 0 radical (unpaired) electrons. The SMILES string of the molecule is C=C(CNCC)OCCN1C(=N)C(C(C)C(=O)c2c(C)cccc2C=O)CCC1=O. The van der Waals surface area contributed by atoms with Gasteiger partial charge in [0.2, 0.25) is 5.91 Å². The summed E-state index contributed by atoms with van der Waals surface area (Å²) in [6.07, 6.45) is 1.40. The van der Waals surface area contributed by atoms with E-state index in [1.165, 1.54) is 4.90 Å². The van der Waals surface area contributed by atoms with Crippen molar-refractivity contribution in [1.29, 1.82) is 5.41 Å². The lowest BCUT2D eigenvalue weighted by molar-refractivity contribution is -0.129. The van der Waals surface area contributed by atoms with Crippen molar-refractivity contribution in [2.24, 2.45) is 11.8 Å². The zero-order chi connectivity index (χ0) is 22.3. The second-order valence-corrected chi connectivity index (χ2v) is 7.55. The van der Waals surface area contributed by atoms with Gasteiger partial charge in [0.25, 0.3) is 0 Å². The molecule has 1 amide bonds. The first-order chi connectivity index (χ1) is 14.3. The van der Waals surface area contributed by atoms with Crippen molar-refractivity contribution < 1.29 is 19.1 Å². The molecule has 0 aromatic heterocycles. The number of benzene rings is 1. The fourth-order valence-corrected chi connectivity index (χ4v) is 3.75. The number of nitrogens with zero attached hydrogens (tertiary/aromatic N) is 1. The first kappa shape index (κ1) is 23.5. The van der Waals surface area contributed by atoms with Gasteiger partial charge in [-0.3, -0.25) is 24.7 Å². The van der Waals surface area contributed by atoms with E-state index in [0.29, 0.717) is 36.1 Å². The van der Waals surface area contributed by atoms with Crippen molar-refractivity contribution in [3.63, 3.8) is 0 Å². The molecule has 2 atom stereocenters. The average molecular weight is 414 g/mol. The fraction of sp³-hybridized carbons (Fsp3) is 0.478. The van der Waals surface area contributed by atoms with Gasteiger partial charge in [-0.25, -0.2) is 0 Å². The van der Waals surface area contributed by atoms with E-state index in [1.54, 1.807) is 32.0 Å². The maximum atomic E-state index is 13.2. The van der Waals surface area contributed by atoms with Crippen molar-refractivity contribution in [1.82, 2.24) is 10.2 Å². The van der Waals surface area contributed by atoms with Gasteiger partial charge in [0.1, 0.15) is 18.2 Å². The summed E-state index contributed by atoms with van der Waals surface area (Å²) in [5.41, 5.74) is 1.49. The normalized spacial score (nSPS) is 17.6. The van der Waals surface area contributed by atoms with Crippen molar-refractivity contribution in [2.75, 3.05) is 26.2 Å². The molecule has 1 aliphatic rings. The summed E-state index contributed by atoms with van der Waals surface area (Å²) >= 11 is 0. The predicted octanol–water partition coefficient (Wildman–Crippen LogP) is 2.98. The summed E-state index contributed by atoms with van der Waals surface area (Å²) in [6.45, 7) is 11.2. The van der Waals surface area contributed by atoms with Gasteiger partial charge in [-0.05, 0) is 25.5 Å². The van der Waals surface area contributed by atoms with E-state index in [4.69, 9.17) is 10.1 Å². The zero-order valence-electron chi connectivity index (χ0n) is 18.0. The number of aryl methyl sites for hydroxylation is 1. The minimum atomic E-state index is -0.516. The summed E-state index contributed by atoms with van der Waals surface area (Å²) in [7, 11) is 0. The highest BCUT2D eigenvalue weighted by Crippen LogP contribution is 2.30. The molecular formula is C23H31N3O4. The molecule has 0 saturated carbocycles. The molecule has 1 aromatic carbocycles. The summed E-state index contributed by atoms with van der Waals surface area (Å²) in [5.74, 6) is -0.504. The molecule has 7 nitrogen and oxygen atoms in total. The highest BCUT2D eigenvalue weighted by atomic mass is 16.5. The van der Waals surface area contributed by atoms with Gasteiger partial charge < -0.3 is 10.1 Å². The number of Topliss-reactive ketones (excluding diaryl/α,β-unsaturated/α-hetero) is 1. The van der Waals surface area contributed by atoms with E-state index < -0.39 is 5.92 Å². The molecule has 2 N–H and O–H groups in total.